The highest BCUT2D eigenvalue weighted by Gasteiger charge is 2.10. The maximum atomic E-state index is 12.0. The van der Waals surface area contributed by atoms with Gasteiger partial charge in [-0.25, -0.2) is 13.1 Å². The molecule has 9 heteroatoms. The minimum atomic E-state index is -3.31. The molecule has 1 amide bonds. The van der Waals surface area contributed by atoms with Gasteiger partial charge in [-0.2, -0.15) is 5.10 Å². The van der Waals surface area contributed by atoms with Crippen molar-refractivity contribution in [3.05, 3.63) is 41.3 Å². The zero-order chi connectivity index (χ0) is 15.5. The Morgan fingerprint density at radius 3 is 2.76 bits per heavy atom. The Bertz CT molecular complexity index is 754. The Labute approximate surface area is 122 Å². The molecule has 0 radical (unpaired) electrons. The fourth-order valence-electron chi connectivity index (χ4n) is 1.59. The van der Waals surface area contributed by atoms with E-state index < -0.39 is 10.0 Å². The largest absolute Gasteiger partial charge is 0.305 e. The van der Waals surface area contributed by atoms with Gasteiger partial charge in [0.05, 0.1) is 18.5 Å². The van der Waals surface area contributed by atoms with Crippen LogP contribution in [0.2, 0.25) is 0 Å². The summed E-state index contributed by atoms with van der Waals surface area (Å²) in [6.45, 7) is 1.85. The molecule has 2 aromatic heterocycles. The van der Waals surface area contributed by atoms with Gasteiger partial charge in [-0.3, -0.25) is 14.9 Å². The van der Waals surface area contributed by atoms with Crippen LogP contribution in [0.1, 0.15) is 21.7 Å². The molecule has 0 atom stereocenters. The number of hydrogen-bond acceptors (Lipinski definition) is 5. The van der Waals surface area contributed by atoms with Crippen LogP contribution in [0, 0.1) is 6.92 Å². The molecule has 0 spiro atoms. The predicted molar refractivity (Wildman–Crippen MR) is 77.2 cm³/mol. The number of aromatic nitrogens is 3. The lowest BCUT2D eigenvalue weighted by Gasteiger charge is -2.05. The first-order chi connectivity index (χ1) is 9.83. The van der Waals surface area contributed by atoms with Gasteiger partial charge < -0.3 is 5.32 Å². The number of anilines is 1. The summed E-state index contributed by atoms with van der Waals surface area (Å²) in [7, 11) is -3.31. The quantitative estimate of drug-likeness (QED) is 0.740. The number of sulfonamides is 1. The molecule has 21 heavy (non-hydrogen) atoms. The predicted octanol–water partition coefficient (Wildman–Crippen LogP) is 0.415. The van der Waals surface area contributed by atoms with Crippen LogP contribution in [0.4, 0.5) is 5.82 Å². The molecule has 2 aromatic rings. The number of carbonyl (C=O) groups is 1. The van der Waals surface area contributed by atoms with E-state index in [4.69, 9.17) is 0 Å². The minimum Gasteiger partial charge on any atom is -0.305 e. The zero-order valence-electron chi connectivity index (χ0n) is 11.5. The maximum Gasteiger partial charge on any atom is 0.256 e. The van der Waals surface area contributed by atoms with Gasteiger partial charge in [0, 0.05) is 23.5 Å². The number of hydrogen-bond donors (Lipinski definition) is 3. The van der Waals surface area contributed by atoms with Crippen molar-refractivity contribution in [3.8, 4) is 0 Å². The molecule has 0 aromatic carbocycles. The lowest BCUT2D eigenvalue weighted by atomic mass is 10.2. The maximum absolute atomic E-state index is 12.0. The van der Waals surface area contributed by atoms with Gasteiger partial charge in [-0.15, -0.1) is 0 Å². The van der Waals surface area contributed by atoms with Crippen molar-refractivity contribution in [3.63, 3.8) is 0 Å². The number of pyridine rings is 1. The Morgan fingerprint density at radius 2 is 2.14 bits per heavy atom. The highest BCUT2D eigenvalue weighted by Crippen LogP contribution is 2.08. The summed E-state index contributed by atoms with van der Waals surface area (Å²) in [4.78, 5) is 16.1. The fraction of sp³-hybridized carbons (Fsp3) is 0.250. The Balaban J connectivity index is 2.07. The first kappa shape index (κ1) is 15.1. The molecule has 8 nitrogen and oxygen atoms in total. The number of aryl methyl sites for hydroxylation is 1. The van der Waals surface area contributed by atoms with Crippen LogP contribution in [-0.4, -0.2) is 35.8 Å². The molecular weight excluding hydrogens is 294 g/mol. The smallest absolute Gasteiger partial charge is 0.256 e. The van der Waals surface area contributed by atoms with E-state index in [1.165, 1.54) is 12.3 Å². The van der Waals surface area contributed by atoms with Crippen LogP contribution in [0.25, 0.3) is 0 Å². The molecule has 3 N–H and O–H groups in total. The van der Waals surface area contributed by atoms with Gasteiger partial charge in [0.25, 0.3) is 5.91 Å². The Hall–Kier alpha value is -2.26. The van der Waals surface area contributed by atoms with E-state index in [1.807, 2.05) is 6.92 Å². The topological polar surface area (TPSA) is 117 Å². The third-order valence-electron chi connectivity index (χ3n) is 2.54. The summed E-state index contributed by atoms with van der Waals surface area (Å²) >= 11 is 0. The number of rotatable bonds is 5. The van der Waals surface area contributed by atoms with Gasteiger partial charge in [-0.05, 0) is 19.1 Å². The van der Waals surface area contributed by atoms with Gasteiger partial charge in [0.1, 0.15) is 0 Å². The van der Waals surface area contributed by atoms with Crippen LogP contribution in [0.3, 0.4) is 0 Å². The molecule has 0 saturated heterocycles. The van der Waals surface area contributed by atoms with Crippen LogP contribution in [0.15, 0.2) is 24.4 Å². The van der Waals surface area contributed by atoms with Crippen molar-refractivity contribution >= 4 is 21.7 Å². The normalized spacial score (nSPS) is 11.3. The van der Waals surface area contributed by atoms with Crippen LogP contribution < -0.4 is 10.0 Å². The summed E-state index contributed by atoms with van der Waals surface area (Å²) in [5.74, 6) is 0.0784. The van der Waals surface area contributed by atoms with Crippen molar-refractivity contribution in [1.82, 2.24) is 19.9 Å². The second kappa shape index (κ2) is 6.02. The van der Waals surface area contributed by atoms with Gasteiger partial charge in [0.15, 0.2) is 5.82 Å². The standard InChI is InChI=1S/C12H15N5O3S/c1-8-5-11(17-16-8)15-12(18)9-3-4-13-10(6-9)7-14-21(2,19)20/h3-6,14H,7H2,1-2H3,(H2,15,16,17,18). The van der Waals surface area contributed by atoms with Crippen molar-refractivity contribution in [1.29, 1.82) is 0 Å². The number of aromatic amines is 1. The lowest BCUT2D eigenvalue weighted by Crippen LogP contribution is -2.22. The Kier molecular flexibility index (Phi) is 4.34. The summed E-state index contributed by atoms with van der Waals surface area (Å²) in [5, 5.41) is 9.26. The number of amides is 1. The average molecular weight is 309 g/mol. The van der Waals surface area contributed by atoms with E-state index in [-0.39, 0.29) is 12.5 Å². The molecule has 0 saturated carbocycles. The van der Waals surface area contributed by atoms with Gasteiger partial charge in [0.2, 0.25) is 10.0 Å². The number of nitrogens with one attached hydrogen (secondary N) is 3. The summed E-state index contributed by atoms with van der Waals surface area (Å²) in [6.07, 6.45) is 2.51. The third-order valence-corrected chi connectivity index (χ3v) is 3.21. The second-order valence-corrected chi connectivity index (χ2v) is 6.35. The first-order valence-electron chi connectivity index (χ1n) is 6.06. The molecule has 0 unspecified atom stereocenters. The van der Waals surface area contributed by atoms with E-state index in [2.05, 4.69) is 25.2 Å². The minimum absolute atomic E-state index is 0.0292. The highest BCUT2D eigenvalue weighted by molar-refractivity contribution is 7.88. The summed E-state index contributed by atoms with van der Waals surface area (Å²) < 4.78 is 24.4. The van der Waals surface area contributed by atoms with Crippen LogP contribution in [0.5, 0.6) is 0 Å². The first-order valence-corrected chi connectivity index (χ1v) is 7.95. The summed E-state index contributed by atoms with van der Waals surface area (Å²) in [5.41, 5.74) is 1.65. The fourth-order valence-corrected chi connectivity index (χ4v) is 2.00. The van der Waals surface area contributed by atoms with Crippen molar-refractivity contribution < 1.29 is 13.2 Å². The Morgan fingerprint density at radius 1 is 1.38 bits per heavy atom. The molecular formula is C12H15N5O3S. The molecule has 0 aliphatic rings. The molecule has 2 rings (SSSR count). The lowest BCUT2D eigenvalue weighted by molar-refractivity contribution is 0.102. The molecule has 2 heterocycles. The van der Waals surface area contributed by atoms with Crippen molar-refractivity contribution in [2.24, 2.45) is 0 Å². The van der Waals surface area contributed by atoms with E-state index in [0.29, 0.717) is 17.1 Å². The number of nitrogens with zero attached hydrogens (tertiary/aromatic N) is 2. The molecule has 0 aliphatic heterocycles. The number of carbonyl (C=O) groups excluding carboxylic acids is 1. The van der Waals surface area contributed by atoms with Crippen LogP contribution >= 0.6 is 0 Å². The zero-order valence-corrected chi connectivity index (χ0v) is 12.4. The van der Waals surface area contributed by atoms with Gasteiger partial charge in [-0.1, -0.05) is 0 Å². The van der Waals surface area contributed by atoms with E-state index in [0.717, 1.165) is 11.9 Å². The molecule has 0 aliphatic carbocycles. The molecule has 0 fully saturated rings. The van der Waals surface area contributed by atoms with Crippen molar-refractivity contribution in [2.75, 3.05) is 11.6 Å². The number of H-pyrrole nitrogens is 1. The summed E-state index contributed by atoms with van der Waals surface area (Å²) in [6, 6.07) is 4.76. The highest BCUT2D eigenvalue weighted by atomic mass is 32.2. The SMILES string of the molecule is Cc1cc(NC(=O)c2ccnc(CNS(C)(=O)=O)c2)n[nH]1. The molecule has 0 bridgehead atoms. The monoisotopic (exact) mass is 309 g/mol. The van der Waals surface area contributed by atoms with E-state index in [1.54, 1.807) is 12.1 Å². The van der Waals surface area contributed by atoms with Crippen molar-refractivity contribution in [2.45, 2.75) is 13.5 Å². The third kappa shape index (κ3) is 4.65. The van der Waals surface area contributed by atoms with E-state index >= 15 is 0 Å². The van der Waals surface area contributed by atoms with E-state index in [9.17, 15) is 13.2 Å². The second-order valence-electron chi connectivity index (χ2n) is 4.52. The van der Waals surface area contributed by atoms with Crippen LogP contribution in [-0.2, 0) is 16.6 Å². The average Bonchev–Trinajstić information content (AvgIpc) is 2.81. The molecule has 112 valence electrons. The van der Waals surface area contributed by atoms with Gasteiger partial charge >= 0.3 is 0 Å².